The van der Waals surface area contributed by atoms with Gasteiger partial charge in [0.2, 0.25) is 0 Å². The minimum Gasteiger partial charge on any atom is -0.492 e. The highest BCUT2D eigenvalue weighted by atomic mass is 127. The fraction of sp³-hybridized carbons (Fsp3) is 0.458. The van der Waals surface area contributed by atoms with E-state index in [1.54, 1.807) is 7.11 Å². The van der Waals surface area contributed by atoms with Crippen LogP contribution in [0.2, 0.25) is 0 Å². The number of benzene rings is 2. The third kappa shape index (κ3) is 11.9. The minimum atomic E-state index is 0. The summed E-state index contributed by atoms with van der Waals surface area (Å²) in [5.74, 6) is 1.71. The first-order chi connectivity index (χ1) is 14.7. The van der Waals surface area contributed by atoms with E-state index in [1.165, 1.54) is 5.56 Å². The van der Waals surface area contributed by atoms with Crippen molar-refractivity contribution in [2.75, 3.05) is 53.6 Å². The summed E-state index contributed by atoms with van der Waals surface area (Å²) in [6, 6.07) is 18.6. The van der Waals surface area contributed by atoms with Crippen molar-refractivity contribution < 1.29 is 9.47 Å². The number of likely N-dealkylation sites (N-methyl/N-ethyl adjacent to an activating group) is 1. The van der Waals surface area contributed by atoms with Crippen LogP contribution in [-0.4, -0.2) is 64.4 Å². The van der Waals surface area contributed by atoms with Crippen LogP contribution in [0.3, 0.4) is 0 Å². The molecule has 172 valence electrons. The Morgan fingerprint density at radius 1 is 0.968 bits per heavy atom. The second-order valence-corrected chi connectivity index (χ2v) is 7.15. The SMILES string of the molecule is CCNC(=NCc1cccc(OCCN(C)CCOC)c1)NCCc1ccccc1.I. The van der Waals surface area contributed by atoms with E-state index in [0.717, 1.165) is 56.5 Å². The van der Waals surface area contributed by atoms with Crippen molar-refractivity contribution in [2.24, 2.45) is 4.99 Å². The van der Waals surface area contributed by atoms with Gasteiger partial charge in [0, 0.05) is 33.3 Å². The van der Waals surface area contributed by atoms with Crippen molar-refractivity contribution in [3.8, 4) is 5.75 Å². The number of hydrogen-bond acceptors (Lipinski definition) is 4. The number of rotatable bonds is 13. The molecule has 0 fully saturated rings. The van der Waals surface area contributed by atoms with Gasteiger partial charge in [0.15, 0.2) is 5.96 Å². The van der Waals surface area contributed by atoms with Gasteiger partial charge in [-0.1, -0.05) is 42.5 Å². The summed E-state index contributed by atoms with van der Waals surface area (Å²) in [7, 11) is 3.79. The predicted molar refractivity (Wildman–Crippen MR) is 140 cm³/mol. The highest BCUT2D eigenvalue weighted by molar-refractivity contribution is 14.0. The molecule has 0 aliphatic carbocycles. The molecular weight excluding hydrogens is 503 g/mol. The highest BCUT2D eigenvalue weighted by Crippen LogP contribution is 2.14. The molecule has 2 aromatic rings. The molecule has 0 heterocycles. The van der Waals surface area contributed by atoms with Crippen LogP contribution in [0, 0.1) is 0 Å². The fourth-order valence-electron chi connectivity index (χ4n) is 2.89. The Hall–Kier alpha value is -1.84. The van der Waals surface area contributed by atoms with Gasteiger partial charge in [-0.25, -0.2) is 4.99 Å². The van der Waals surface area contributed by atoms with Crippen molar-refractivity contribution in [3.05, 3.63) is 65.7 Å². The van der Waals surface area contributed by atoms with Crippen LogP contribution in [-0.2, 0) is 17.7 Å². The van der Waals surface area contributed by atoms with Crippen LogP contribution in [0.15, 0.2) is 59.6 Å². The van der Waals surface area contributed by atoms with E-state index in [4.69, 9.17) is 14.5 Å². The third-order valence-electron chi connectivity index (χ3n) is 4.63. The maximum atomic E-state index is 5.90. The Morgan fingerprint density at radius 2 is 1.71 bits per heavy atom. The summed E-state index contributed by atoms with van der Waals surface area (Å²) >= 11 is 0. The molecule has 31 heavy (non-hydrogen) atoms. The van der Waals surface area contributed by atoms with E-state index in [1.807, 2.05) is 18.2 Å². The Kier molecular flexibility index (Phi) is 14.7. The van der Waals surface area contributed by atoms with Gasteiger partial charge in [0.05, 0.1) is 13.2 Å². The van der Waals surface area contributed by atoms with Gasteiger partial charge < -0.3 is 25.0 Å². The van der Waals surface area contributed by atoms with Crippen LogP contribution in [0.1, 0.15) is 18.1 Å². The van der Waals surface area contributed by atoms with Gasteiger partial charge in [-0.2, -0.15) is 0 Å². The normalized spacial score (nSPS) is 11.2. The van der Waals surface area contributed by atoms with E-state index in [0.29, 0.717) is 13.2 Å². The molecule has 2 rings (SSSR count). The zero-order chi connectivity index (χ0) is 21.4. The number of methoxy groups -OCH3 is 1. The van der Waals surface area contributed by atoms with E-state index >= 15 is 0 Å². The molecule has 0 atom stereocenters. The van der Waals surface area contributed by atoms with Crippen molar-refractivity contribution in [2.45, 2.75) is 19.9 Å². The highest BCUT2D eigenvalue weighted by Gasteiger charge is 2.02. The molecule has 0 spiro atoms. The number of nitrogens with zero attached hydrogens (tertiary/aromatic N) is 2. The van der Waals surface area contributed by atoms with Crippen molar-refractivity contribution in [1.29, 1.82) is 0 Å². The molecule has 7 heteroatoms. The molecule has 2 aromatic carbocycles. The van der Waals surface area contributed by atoms with Crippen LogP contribution < -0.4 is 15.4 Å². The molecule has 0 aliphatic heterocycles. The van der Waals surface area contributed by atoms with Gasteiger partial charge in [0.25, 0.3) is 0 Å². The molecule has 2 N–H and O–H groups in total. The summed E-state index contributed by atoms with van der Waals surface area (Å²) < 4.78 is 11.0. The lowest BCUT2D eigenvalue weighted by Crippen LogP contribution is -2.38. The molecule has 0 aromatic heterocycles. The quantitative estimate of drug-likeness (QED) is 0.231. The smallest absolute Gasteiger partial charge is 0.191 e. The van der Waals surface area contributed by atoms with E-state index in [2.05, 4.69) is 65.9 Å². The maximum Gasteiger partial charge on any atom is 0.191 e. The lowest BCUT2D eigenvalue weighted by Gasteiger charge is -2.16. The Bertz CT molecular complexity index is 743. The molecule has 0 saturated heterocycles. The van der Waals surface area contributed by atoms with Crippen LogP contribution >= 0.6 is 24.0 Å². The molecule has 0 amide bonds. The van der Waals surface area contributed by atoms with Gasteiger partial charge in [-0.3, -0.25) is 0 Å². The predicted octanol–water partition coefficient (Wildman–Crippen LogP) is 3.56. The number of aliphatic imine (C=N–C) groups is 1. The topological polar surface area (TPSA) is 58.1 Å². The number of guanidine groups is 1. The second kappa shape index (κ2) is 16.8. The molecule has 0 bridgehead atoms. The second-order valence-electron chi connectivity index (χ2n) is 7.15. The summed E-state index contributed by atoms with van der Waals surface area (Å²) in [5, 5.41) is 6.72. The van der Waals surface area contributed by atoms with E-state index in [9.17, 15) is 0 Å². The van der Waals surface area contributed by atoms with E-state index in [-0.39, 0.29) is 24.0 Å². The molecule has 0 aliphatic rings. The first-order valence-electron chi connectivity index (χ1n) is 10.7. The van der Waals surface area contributed by atoms with Crippen molar-refractivity contribution in [1.82, 2.24) is 15.5 Å². The molecule has 6 nitrogen and oxygen atoms in total. The lowest BCUT2D eigenvalue weighted by molar-refractivity contribution is 0.150. The van der Waals surface area contributed by atoms with Crippen molar-refractivity contribution in [3.63, 3.8) is 0 Å². The Morgan fingerprint density at radius 3 is 2.45 bits per heavy atom. The number of nitrogens with one attached hydrogen (secondary N) is 2. The summed E-state index contributed by atoms with van der Waals surface area (Å²) in [5.41, 5.74) is 2.44. The average molecular weight is 540 g/mol. The lowest BCUT2D eigenvalue weighted by atomic mass is 10.1. The average Bonchev–Trinajstić information content (AvgIpc) is 2.77. The first kappa shape index (κ1) is 27.2. The Balaban J connectivity index is 0.00000480. The van der Waals surface area contributed by atoms with Crippen LogP contribution in [0.4, 0.5) is 0 Å². The summed E-state index contributed by atoms with van der Waals surface area (Å²) in [4.78, 5) is 6.91. The molecule has 0 saturated carbocycles. The van der Waals surface area contributed by atoms with Gasteiger partial charge in [-0.05, 0) is 43.7 Å². The largest absolute Gasteiger partial charge is 0.492 e. The zero-order valence-corrected chi connectivity index (χ0v) is 21.3. The van der Waals surface area contributed by atoms with Gasteiger partial charge in [0.1, 0.15) is 12.4 Å². The third-order valence-corrected chi connectivity index (χ3v) is 4.63. The fourth-order valence-corrected chi connectivity index (χ4v) is 2.89. The number of halogens is 1. The minimum absolute atomic E-state index is 0. The number of hydrogen-bond donors (Lipinski definition) is 2. The number of ether oxygens (including phenoxy) is 2. The maximum absolute atomic E-state index is 5.90. The van der Waals surface area contributed by atoms with Gasteiger partial charge in [-0.15, -0.1) is 24.0 Å². The zero-order valence-electron chi connectivity index (χ0n) is 19.0. The van der Waals surface area contributed by atoms with Crippen LogP contribution in [0.5, 0.6) is 5.75 Å². The van der Waals surface area contributed by atoms with Crippen molar-refractivity contribution >= 4 is 29.9 Å². The monoisotopic (exact) mass is 540 g/mol. The summed E-state index contributed by atoms with van der Waals surface area (Å²) in [6.45, 7) is 7.50. The standard InChI is InChI=1S/C24H36N4O2.HI/c1-4-25-24(26-14-13-21-9-6-5-7-10-21)27-20-22-11-8-12-23(19-22)30-18-16-28(2)15-17-29-3;/h5-12,19H,4,13-18,20H2,1-3H3,(H2,25,26,27);1H. The molecular formula is C24H37IN4O2. The van der Waals surface area contributed by atoms with E-state index < -0.39 is 0 Å². The molecule has 0 radical (unpaired) electrons. The van der Waals surface area contributed by atoms with Crippen LogP contribution in [0.25, 0.3) is 0 Å². The Labute approximate surface area is 204 Å². The van der Waals surface area contributed by atoms with Gasteiger partial charge >= 0.3 is 0 Å². The molecule has 0 unspecified atom stereocenters. The summed E-state index contributed by atoms with van der Waals surface area (Å²) in [6.07, 6.45) is 0.966. The first-order valence-corrected chi connectivity index (χ1v) is 10.7.